The fourth-order valence-corrected chi connectivity index (χ4v) is 4.41. The Morgan fingerprint density at radius 3 is 2.60 bits per heavy atom. The zero-order chi connectivity index (χ0) is 20.5. The third-order valence-electron chi connectivity index (χ3n) is 6.16. The number of hydrogen-bond donors (Lipinski definition) is 1. The van der Waals surface area contributed by atoms with Crippen molar-refractivity contribution < 1.29 is 4.79 Å². The summed E-state index contributed by atoms with van der Waals surface area (Å²) in [6.07, 6.45) is 12.0. The third kappa shape index (κ3) is 3.38. The average Bonchev–Trinajstić information content (AvgIpc) is 3.42. The van der Waals surface area contributed by atoms with Gasteiger partial charge in [-0.15, -0.1) is 0 Å². The van der Waals surface area contributed by atoms with Crippen LogP contribution in [0, 0.1) is 5.92 Å². The molecule has 2 atom stereocenters. The van der Waals surface area contributed by atoms with Crippen LogP contribution in [0.3, 0.4) is 0 Å². The Labute approximate surface area is 175 Å². The molecule has 0 bridgehead atoms. The number of hydrogen-bond acceptors (Lipinski definition) is 3. The molecule has 6 heteroatoms. The van der Waals surface area contributed by atoms with E-state index in [1.807, 2.05) is 24.3 Å². The molecular formula is C24H25N5O. The summed E-state index contributed by atoms with van der Waals surface area (Å²) in [6, 6.07) is 14.2. The zero-order valence-corrected chi connectivity index (χ0v) is 17.0. The molecule has 4 heterocycles. The van der Waals surface area contributed by atoms with Crippen LogP contribution in [0.4, 0.5) is 0 Å². The van der Waals surface area contributed by atoms with E-state index in [4.69, 9.17) is 0 Å². The molecule has 6 nitrogen and oxygen atoms in total. The fourth-order valence-electron chi connectivity index (χ4n) is 4.41. The number of aromatic nitrogens is 4. The van der Waals surface area contributed by atoms with Gasteiger partial charge in [0.2, 0.25) is 0 Å². The van der Waals surface area contributed by atoms with Crippen molar-refractivity contribution in [1.82, 2.24) is 24.5 Å². The summed E-state index contributed by atoms with van der Waals surface area (Å²) in [6.45, 7) is 2.22. The van der Waals surface area contributed by atoms with Crippen LogP contribution < -0.4 is 5.32 Å². The van der Waals surface area contributed by atoms with Gasteiger partial charge >= 0.3 is 0 Å². The van der Waals surface area contributed by atoms with Crippen LogP contribution in [0.1, 0.15) is 43.1 Å². The van der Waals surface area contributed by atoms with Crippen LogP contribution >= 0.6 is 0 Å². The number of fused-ring (bicyclic) bond motifs is 1. The maximum Gasteiger partial charge on any atom is 0.270 e. The third-order valence-corrected chi connectivity index (χ3v) is 6.16. The predicted octanol–water partition coefficient (Wildman–Crippen LogP) is 4.50. The first-order chi connectivity index (χ1) is 14.7. The van der Waals surface area contributed by atoms with E-state index in [0.29, 0.717) is 11.6 Å². The molecule has 1 amide bonds. The SMILES string of the molecule is C[C@H]1CCCC[C@H]1NC(=O)c1ccnn1-c1ccc2ccc(-c3ccncc3)cn12. The highest BCUT2D eigenvalue weighted by atomic mass is 16.2. The Kier molecular flexibility index (Phi) is 4.83. The van der Waals surface area contributed by atoms with Crippen molar-refractivity contribution >= 4 is 11.4 Å². The molecule has 0 spiro atoms. The highest BCUT2D eigenvalue weighted by Crippen LogP contribution is 2.25. The number of pyridine rings is 2. The smallest absolute Gasteiger partial charge is 0.270 e. The second-order valence-electron chi connectivity index (χ2n) is 8.11. The Hall–Kier alpha value is -3.41. The highest BCUT2D eigenvalue weighted by molar-refractivity contribution is 5.93. The Balaban J connectivity index is 1.49. The summed E-state index contributed by atoms with van der Waals surface area (Å²) in [5.74, 6) is 1.29. The maximum absolute atomic E-state index is 13.1. The van der Waals surface area contributed by atoms with Crippen LogP contribution in [0.5, 0.6) is 0 Å². The molecule has 0 radical (unpaired) electrons. The Morgan fingerprint density at radius 2 is 1.77 bits per heavy atom. The second kappa shape index (κ2) is 7.78. The molecule has 5 rings (SSSR count). The lowest BCUT2D eigenvalue weighted by molar-refractivity contribution is 0.0902. The summed E-state index contributed by atoms with van der Waals surface area (Å²) >= 11 is 0. The maximum atomic E-state index is 13.1. The molecule has 30 heavy (non-hydrogen) atoms. The average molecular weight is 399 g/mol. The second-order valence-corrected chi connectivity index (χ2v) is 8.11. The molecule has 1 aliphatic rings. The van der Waals surface area contributed by atoms with E-state index in [1.165, 1.54) is 19.3 Å². The normalized spacial score (nSPS) is 19.1. The lowest BCUT2D eigenvalue weighted by atomic mass is 9.86. The predicted molar refractivity (Wildman–Crippen MR) is 117 cm³/mol. The van der Waals surface area contributed by atoms with Gasteiger partial charge < -0.3 is 9.72 Å². The Bertz CT molecular complexity index is 1180. The molecule has 1 saturated carbocycles. The standard InChI is InChI=1S/C24H25N5O/c1-17-4-2-3-5-21(17)27-24(30)22-12-15-26-29(22)23-9-8-20-7-6-19(16-28(20)23)18-10-13-25-14-11-18/h6-17,21H,2-5H2,1H3,(H,27,30)/t17-,21+/m0/s1. The lowest BCUT2D eigenvalue weighted by Crippen LogP contribution is -2.41. The van der Waals surface area contributed by atoms with E-state index >= 15 is 0 Å². The first kappa shape index (κ1) is 18.6. The first-order valence-corrected chi connectivity index (χ1v) is 10.6. The van der Waals surface area contributed by atoms with Gasteiger partial charge in [-0.2, -0.15) is 5.10 Å². The van der Waals surface area contributed by atoms with Crippen molar-refractivity contribution in [2.24, 2.45) is 5.92 Å². The van der Waals surface area contributed by atoms with Crippen molar-refractivity contribution in [3.05, 3.63) is 72.9 Å². The first-order valence-electron chi connectivity index (χ1n) is 10.6. The lowest BCUT2D eigenvalue weighted by Gasteiger charge is -2.29. The van der Waals surface area contributed by atoms with Crippen LogP contribution in [0.2, 0.25) is 0 Å². The summed E-state index contributed by atoms with van der Waals surface area (Å²) < 4.78 is 3.80. The minimum absolute atomic E-state index is 0.0634. The van der Waals surface area contributed by atoms with E-state index < -0.39 is 0 Å². The topological polar surface area (TPSA) is 64.2 Å². The molecule has 152 valence electrons. The van der Waals surface area contributed by atoms with Gasteiger partial charge in [-0.1, -0.05) is 25.8 Å². The van der Waals surface area contributed by atoms with E-state index in [0.717, 1.165) is 28.9 Å². The van der Waals surface area contributed by atoms with Gasteiger partial charge in [-0.3, -0.25) is 9.78 Å². The molecule has 0 saturated heterocycles. The van der Waals surface area contributed by atoms with Crippen molar-refractivity contribution in [2.75, 3.05) is 0 Å². The van der Waals surface area contributed by atoms with Crippen molar-refractivity contribution in [3.63, 3.8) is 0 Å². The van der Waals surface area contributed by atoms with E-state index in [1.54, 1.807) is 29.3 Å². The largest absolute Gasteiger partial charge is 0.348 e. The van der Waals surface area contributed by atoms with Crippen LogP contribution in [-0.2, 0) is 0 Å². The molecule has 1 aliphatic carbocycles. The summed E-state index contributed by atoms with van der Waals surface area (Å²) in [5, 5.41) is 7.71. The summed E-state index contributed by atoms with van der Waals surface area (Å²) in [5.41, 5.74) is 3.78. The quantitative estimate of drug-likeness (QED) is 0.550. The molecule has 0 aromatic carbocycles. The van der Waals surface area contributed by atoms with Gasteiger partial charge in [0.1, 0.15) is 11.5 Å². The zero-order valence-electron chi connectivity index (χ0n) is 17.0. The number of nitrogens with zero attached hydrogens (tertiary/aromatic N) is 4. The molecule has 4 aromatic heterocycles. The number of carbonyl (C=O) groups excluding carboxylic acids is 1. The Morgan fingerprint density at radius 1 is 0.967 bits per heavy atom. The molecule has 0 unspecified atom stereocenters. The molecule has 0 aliphatic heterocycles. The minimum Gasteiger partial charge on any atom is -0.348 e. The van der Waals surface area contributed by atoms with Crippen LogP contribution in [-0.4, -0.2) is 31.1 Å². The molecule has 4 aromatic rings. The summed E-state index contributed by atoms with van der Waals surface area (Å²) in [4.78, 5) is 17.2. The fraction of sp³-hybridized carbons (Fsp3) is 0.292. The molecule has 1 N–H and O–H groups in total. The monoisotopic (exact) mass is 399 g/mol. The summed E-state index contributed by atoms with van der Waals surface area (Å²) in [7, 11) is 0. The number of amides is 1. The van der Waals surface area contributed by atoms with Crippen LogP contribution in [0.25, 0.3) is 22.5 Å². The molecular weight excluding hydrogens is 374 g/mol. The minimum atomic E-state index is -0.0634. The van der Waals surface area contributed by atoms with Gasteiger partial charge in [-0.05, 0) is 66.3 Å². The van der Waals surface area contributed by atoms with Crippen molar-refractivity contribution in [3.8, 4) is 16.9 Å². The number of rotatable bonds is 4. The van der Waals surface area contributed by atoms with E-state index in [-0.39, 0.29) is 11.9 Å². The van der Waals surface area contributed by atoms with Crippen LogP contribution in [0.15, 0.2) is 67.3 Å². The van der Waals surface area contributed by atoms with Crippen molar-refractivity contribution in [1.29, 1.82) is 0 Å². The van der Waals surface area contributed by atoms with Gasteiger partial charge in [-0.25, -0.2) is 4.68 Å². The molecule has 1 fully saturated rings. The number of carbonyl (C=O) groups is 1. The van der Waals surface area contributed by atoms with Gasteiger partial charge in [0.05, 0.1) is 6.20 Å². The number of nitrogens with one attached hydrogen (secondary N) is 1. The van der Waals surface area contributed by atoms with Gasteiger partial charge in [0.25, 0.3) is 5.91 Å². The highest BCUT2D eigenvalue weighted by Gasteiger charge is 2.25. The van der Waals surface area contributed by atoms with E-state index in [9.17, 15) is 4.79 Å². The van der Waals surface area contributed by atoms with Crippen molar-refractivity contribution in [2.45, 2.75) is 38.6 Å². The van der Waals surface area contributed by atoms with Gasteiger partial charge in [0, 0.05) is 30.1 Å². The van der Waals surface area contributed by atoms with Gasteiger partial charge in [0.15, 0.2) is 0 Å². The van der Waals surface area contributed by atoms with E-state index in [2.05, 4.69) is 45.1 Å².